The van der Waals surface area contributed by atoms with E-state index in [1.165, 1.54) is 4.31 Å². The lowest BCUT2D eigenvalue weighted by Gasteiger charge is -2.32. The first-order chi connectivity index (χ1) is 10.9. The molecule has 3 rings (SSSR count). The van der Waals surface area contributed by atoms with E-state index in [2.05, 4.69) is 4.98 Å². The molecule has 1 amide bonds. The third kappa shape index (κ3) is 2.70. The number of primary amides is 1. The molecule has 1 fully saturated rings. The predicted molar refractivity (Wildman–Crippen MR) is 87.2 cm³/mol. The molecule has 0 spiro atoms. The van der Waals surface area contributed by atoms with Crippen LogP contribution in [0.15, 0.2) is 35.4 Å². The minimum atomic E-state index is -3.81. The van der Waals surface area contributed by atoms with Crippen molar-refractivity contribution in [1.29, 1.82) is 0 Å². The molecule has 0 saturated carbocycles. The van der Waals surface area contributed by atoms with E-state index in [-0.39, 0.29) is 4.90 Å². The Morgan fingerprint density at radius 2 is 2.09 bits per heavy atom. The van der Waals surface area contributed by atoms with Crippen LogP contribution in [0.3, 0.4) is 0 Å². The number of pyridine rings is 1. The van der Waals surface area contributed by atoms with Gasteiger partial charge in [-0.2, -0.15) is 4.31 Å². The lowest BCUT2D eigenvalue weighted by molar-refractivity contribution is -0.122. The van der Waals surface area contributed by atoms with Crippen LogP contribution in [0.1, 0.15) is 24.8 Å². The number of hydrogen-bond acceptors (Lipinski definition) is 4. The van der Waals surface area contributed by atoms with Gasteiger partial charge in [0.15, 0.2) is 0 Å². The Kier molecular flexibility index (Phi) is 4.08. The summed E-state index contributed by atoms with van der Waals surface area (Å²) in [5.74, 6) is -0.595. The van der Waals surface area contributed by atoms with Gasteiger partial charge >= 0.3 is 0 Å². The van der Waals surface area contributed by atoms with Crippen LogP contribution in [0, 0.1) is 6.92 Å². The molecule has 1 aromatic carbocycles. The third-order valence-corrected chi connectivity index (χ3v) is 6.27. The van der Waals surface area contributed by atoms with Gasteiger partial charge in [-0.25, -0.2) is 8.42 Å². The van der Waals surface area contributed by atoms with Crippen LogP contribution in [-0.4, -0.2) is 36.2 Å². The number of nitrogens with two attached hydrogens (primary N) is 1. The van der Waals surface area contributed by atoms with E-state index in [9.17, 15) is 13.2 Å². The van der Waals surface area contributed by atoms with Gasteiger partial charge in [-0.1, -0.05) is 12.5 Å². The lowest BCUT2D eigenvalue weighted by atomic mass is 10.0. The van der Waals surface area contributed by atoms with Crippen molar-refractivity contribution in [3.63, 3.8) is 0 Å². The highest BCUT2D eigenvalue weighted by Gasteiger charge is 2.37. The van der Waals surface area contributed by atoms with E-state index in [1.807, 2.05) is 6.92 Å². The van der Waals surface area contributed by atoms with Crippen molar-refractivity contribution in [2.24, 2.45) is 5.73 Å². The van der Waals surface area contributed by atoms with E-state index in [0.29, 0.717) is 23.9 Å². The maximum Gasteiger partial charge on any atom is 0.244 e. The Bertz CT molecular complexity index is 864. The van der Waals surface area contributed by atoms with Crippen molar-refractivity contribution in [2.75, 3.05) is 6.54 Å². The molecule has 122 valence electrons. The molecule has 2 heterocycles. The second-order valence-electron chi connectivity index (χ2n) is 5.81. The minimum absolute atomic E-state index is 0.180. The average Bonchev–Trinajstić information content (AvgIpc) is 2.55. The molecule has 1 aliphatic rings. The second-order valence-corrected chi connectivity index (χ2v) is 7.67. The summed E-state index contributed by atoms with van der Waals surface area (Å²) in [5.41, 5.74) is 6.97. The van der Waals surface area contributed by atoms with Crippen LogP contribution in [0.2, 0.25) is 0 Å². The number of carbonyl (C=O) groups is 1. The van der Waals surface area contributed by atoms with Crippen LogP contribution in [0.4, 0.5) is 0 Å². The fourth-order valence-electron chi connectivity index (χ4n) is 3.12. The Morgan fingerprint density at radius 1 is 1.30 bits per heavy atom. The van der Waals surface area contributed by atoms with Gasteiger partial charge in [0.2, 0.25) is 15.9 Å². The lowest BCUT2D eigenvalue weighted by Crippen LogP contribution is -2.50. The van der Waals surface area contributed by atoms with E-state index >= 15 is 0 Å². The number of amides is 1. The van der Waals surface area contributed by atoms with Crippen LogP contribution < -0.4 is 5.73 Å². The van der Waals surface area contributed by atoms with Gasteiger partial charge in [-0.05, 0) is 43.5 Å². The molecule has 1 saturated heterocycles. The number of rotatable bonds is 3. The minimum Gasteiger partial charge on any atom is -0.368 e. The highest BCUT2D eigenvalue weighted by Crippen LogP contribution is 2.30. The zero-order valence-electron chi connectivity index (χ0n) is 12.9. The standard InChI is InChI=1S/C16H19N3O3S/c1-11-7-8-14(12-5-4-9-18-15(11)12)23(21,22)19-10-3-2-6-13(19)16(17)20/h4-5,7-9,13H,2-3,6,10H2,1H3,(H2,17,20). The molecule has 2 N–H and O–H groups in total. The van der Waals surface area contributed by atoms with E-state index in [0.717, 1.165) is 18.4 Å². The molecule has 1 atom stereocenters. The topological polar surface area (TPSA) is 93.4 Å². The molecule has 0 bridgehead atoms. The number of hydrogen-bond donors (Lipinski definition) is 1. The quantitative estimate of drug-likeness (QED) is 0.922. The van der Waals surface area contributed by atoms with Crippen molar-refractivity contribution in [1.82, 2.24) is 9.29 Å². The molecule has 1 unspecified atom stereocenters. The molecule has 23 heavy (non-hydrogen) atoms. The maximum atomic E-state index is 13.1. The van der Waals surface area contributed by atoms with E-state index in [1.54, 1.807) is 30.5 Å². The summed E-state index contributed by atoms with van der Waals surface area (Å²) >= 11 is 0. The number of benzene rings is 1. The summed E-state index contributed by atoms with van der Waals surface area (Å²) in [6.45, 7) is 2.20. The number of carbonyl (C=O) groups excluding carboxylic acids is 1. The molecular formula is C16H19N3O3S. The van der Waals surface area contributed by atoms with E-state index in [4.69, 9.17) is 5.73 Å². The van der Waals surface area contributed by atoms with Crippen molar-refractivity contribution < 1.29 is 13.2 Å². The summed E-state index contributed by atoms with van der Waals surface area (Å²) in [6.07, 6.45) is 3.64. The van der Waals surface area contributed by atoms with Gasteiger partial charge in [0, 0.05) is 18.1 Å². The number of aryl methyl sites for hydroxylation is 1. The third-order valence-electron chi connectivity index (χ3n) is 4.30. The van der Waals surface area contributed by atoms with Crippen LogP contribution >= 0.6 is 0 Å². The second kappa shape index (κ2) is 5.90. The molecule has 1 aliphatic heterocycles. The smallest absolute Gasteiger partial charge is 0.244 e. The summed E-state index contributed by atoms with van der Waals surface area (Å²) in [7, 11) is -3.81. The number of piperidine rings is 1. The first-order valence-corrected chi connectivity index (χ1v) is 9.02. The Labute approximate surface area is 135 Å². The molecule has 6 nitrogen and oxygen atoms in total. The largest absolute Gasteiger partial charge is 0.368 e. The van der Waals surface area contributed by atoms with Crippen molar-refractivity contribution >= 4 is 26.8 Å². The molecule has 0 aliphatic carbocycles. The van der Waals surface area contributed by atoms with Crippen LogP contribution in [0.5, 0.6) is 0 Å². The zero-order valence-corrected chi connectivity index (χ0v) is 13.7. The van der Waals surface area contributed by atoms with Gasteiger partial charge in [-0.3, -0.25) is 9.78 Å². The molecule has 2 aromatic rings. The monoisotopic (exact) mass is 333 g/mol. The Hall–Kier alpha value is -1.99. The van der Waals surface area contributed by atoms with Gasteiger partial charge in [-0.15, -0.1) is 0 Å². The number of nitrogens with zero attached hydrogens (tertiary/aromatic N) is 2. The zero-order chi connectivity index (χ0) is 16.6. The predicted octanol–water partition coefficient (Wildman–Crippen LogP) is 1.57. The molecule has 7 heteroatoms. The van der Waals surface area contributed by atoms with Crippen LogP contribution in [0.25, 0.3) is 10.9 Å². The summed E-state index contributed by atoms with van der Waals surface area (Å²) in [4.78, 5) is 16.1. The summed E-state index contributed by atoms with van der Waals surface area (Å²) < 4.78 is 27.5. The highest BCUT2D eigenvalue weighted by atomic mass is 32.2. The van der Waals surface area contributed by atoms with Gasteiger partial charge in [0.25, 0.3) is 0 Å². The maximum absolute atomic E-state index is 13.1. The van der Waals surface area contributed by atoms with Gasteiger partial charge in [0.1, 0.15) is 6.04 Å². The molecular weight excluding hydrogens is 314 g/mol. The summed E-state index contributed by atoms with van der Waals surface area (Å²) in [5, 5.41) is 0.571. The average molecular weight is 333 g/mol. The van der Waals surface area contributed by atoms with Crippen molar-refractivity contribution in [3.8, 4) is 0 Å². The van der Waals surface area contributed by atoms with Crippen molar-refractivity contribution in [3.05, 3.63) is 36.0 Å². The van der Waals surface area contributed by atoms with Gasteiger partial charge in [0.05, 0.1) is 10.4 Å². The molecule has 1 aromatic heterocycles. The van der Waals surface area contributed by atoms with E-state index < -0.39 is 22.0 Å². The number of aromatic nitrogens is 1. The Balaban J connectivity index is 2.17. The highest BCUT2D eigenvalue weighted by molar-refractivity contribution is 7.89. The first-order valence-electron chi connectivity index (χ1n) is 7.58. The number of fused-ring (bicyclic) bond motifs is 1. The first kappa shape index (κ1) is 15.9. The Morgan fingerprint density at radius 3 is 2.83 bits per heavy atom. The van der Waals surface area contributed by atoms with Gasteiger partial charge < -0.3 is 5.73 Å². The summed E-state index contributed by atoms with van der Waals surface area (Å²) in [6, 6.07) is 6.00. The normalized spacial score (nSPS) is 19.8. The fraction of sp³-hybridized carbons (Fsp3) is 0.375. The fourth-order valence-corrected chi connectivity index (χ4v) is 4.97. The SMILES string of the molecule is Cc1ccc(S(=O)(=O)N2CCCCC2C(N)=O)c2cccnc12. The van der Waals surface area contributed by atoms with Crippen molar-refractivity contribution in [2.45, 2.75) is 37.1 Å². The molecule has 0 radical (unpaired) electrons. The van der Waals surface area contributed by atoms with Crippen LogP contribution in [-0.2, 0) is 14.8 Å². The number of sulfonamides is 1.